The summed E-state index contributed by atoms with van der Waals surface area (Å²) in [7, 11) is 1.53. The highest BCUT2D eigenvalue weighted by molar-refractivity contribution is 7.17. The van der Waals surface area contributed by atoms with E-state index in [0.29, 0.717) is 5.56 Å². The van der Waals surface area contributed by atoms with E-state index in [1.165, 1.54) is 24.5 Å². The lowest BCUT2D eigenvalue weighted by atomic mass is 10.1. The van der Waals surface area contributed by atoms with Gasteiger partial charge in [0, 0.05) is 23.4 Å². The number of nitrogens with zero attached hydrogens (tertiary/aromatic N) is 2. The van der Waals surface area contributed by atoms with Crippen LogP contribution in [0.15, 0.2) is 35.7 Å². The molecule has 7 heteroatoms. The molecule has 0 saturated heterocycles. The summed E-state index contributed by atoms with van der Waals surface area (Å²) >= 11 is 1.47. The van der Waals surface area contributed by atoms with Crippen molar-refractivity contribution in [2.75, 3.05) is 12.4 Å². The molecule has 1 aromatic carbocycles. The van der Waals surface area contributed by atoms with Gasteiger partial charge in [-0.05, 0) is 16.8 Å². The van der Waals surface area contributed by atoms with E-state index in [4.69, 9.17) is 0 Å². The molecule has 0 aliphatic rings. The molecular weight excluding hydrogens is 299 g/mol. The van der Waals surface area contributed by atoms with Crippen molar-refractivity contribution in [3.63, 3.8) is 0 Å². The molecule has 0 fully saturated rings. The predicted molar refractivity (Wildman–Crippen MR) is 77.4 cm³/mol. The fraction of sp³-hybridized carbons (Fsp3) is 0.143. The molecule has 0 saturated carbocycles. The molecule has 21 heavy (non-hydrogen) atoms. The third-order valence-corrected chi connectivity index (χ3v) is 3.95. The molecule has 0 aliphatic carbocycles. The number of benzene rings is 1. The lowest BCUT2D eigenvalue weighted by Gasteiger charge is -2.10. The first kappa shape index (κ1) is 13.8. The molecule has 2 heterocycles. The van der Waals surface area contributed by atoms with E-state index < -0.39 is 12.0 Å². The Bertz CT molecular complexity index is 796. The van der Waals surface area contributed by atoms with Crippen LogP contribution in [0.2, 0.25) is 0 Å². The van der Waals surface area contributed by atoms with Gasteiger partial charge in [-0.1, -0.05) is 18.2 Å². The van der Waals surface area contributed by atoms with Gasteiger partial charge in [-0.2, -0.15) is 13.2 Å². The van der Waals surface area contributed by atoms with Crippen LogP contribution < -0.4 is 5.32 Å². The second-order valence-corrected chi connectivity index (χ2v) is 5.27. The maximum Gasteiger partial charge on any atom is 0.451 e. The van der Waals surface area contributed by atoms with Gasteiger partial charge in [0.05, 0.1) is 5.69 Å². The first-order valence-electron chi connectivity index (χ1n) is 6.09. The van der Waals surface area contributed by atoms with E-state index in [0.717, 1.165) is 10.1 Å². The first-order valence-corrected chi connectivity index (χ1v) is 6.97. The third kappa shape index (κ3) is 2.56. The normalized spacial score (nSPS) is 11.8. The molecular formula is C14H10F3N3S. The van der Waals surface area contributed by atoms with E-state index in [9.17, 15) is 13.2 Å². The molecule has 0 amide bonds. The highest BCUT2D eigenvalue weighted by Crippen LogP contribution is 2.34. The number of thiophene rings is 1. The van der Waals surface area contributed by atoms with Gasteiger partial charge >= 0.3 is 6.18 Å². The summed E-state index contributed by atoms with van der Waals surface area (Å²) in [4.78, 5) is 7.16. The smallest absolute Gasteiger partial charge is 0.373 e. The Balaban J connectivity index is 2.24. The van der Waals surface area contributed by atoms with Gasteiger partial charge in [-0.3, -0.25) is 0 Å². The predicted octanol–water partition coefficient (Wildman–Crippen LogP) is 4.42. The van der Waals surface area contributed by atoms with Crippen LogP contribution in [0, 0.1) is 0 Å². The minimum atomic E-state index is -4.58. The molecule has 0 aliphatic heterocycles. The fourth-order valence-electron chi connectivity index (χ4n) is 2.03. The van der Waals surface area contributed by atoms with Gasteiger partial charge < -0.3 is 5.32 Å². The van der Waals surface area contributed by atoms with Gasteiger partial charge in [-0.25, -0.2) is 9.97 Å². The van der Waals surface area contributed by atoms with Crippen LogP contribution in [0.4, 0.5) is 19.0 Å². The summed E-state index contributed by atoms with van der Waals surface area (Å²) in [6.45, 7) is 0. The summed E-state index contributed by atoms with van der Waals surface area (Å²) in [5.41, 5.74) is 0.932. The second-order valence-electron chi connectivity index (χ2n) is 4.35. The number of hydrogen-bond acceptors (Lipinski definition) is 4. The Morgan fingerprint density at radius 2 is 1.95 bits per heavy atom. The van der Waals surface area contributed by atoms with Crippen molar-refractivity contribution in [2.24, 2.45) is 0 Å². The highest BCUT2D eigenvalue weighted by Gasteiger charge is 2.35. The lowest BCUT2D eigenvalue weighted by Crippen LogP contribution is -2.13. The molecule has 0 radical (unpaired) electrons. The van der Waals surface area contributed by atoms with Crippen LogP contribution in [-0.2, 0) is 6.18 Å². The van der Waals surface area contributed by atoms with Crippen molar-refractivity contribution in [3.8, 4) is 11.3 Å². The van der Waals surface area contributed by atoms with Crippen molar-refractivity contribution in [1.29, 1.82) is 0 Å². The average molecular weight is 309 g/mol. The number of rotatable bonds is 2. The molecule has 3 rings (SSSR count). The van der Waals surface area contributed by atoms with Crippen molar-refractivity contribution >= 4 is 27.2 Å². The lowest BCUT2D eigenvalue weighted by molar-refractivity contribution is -0.144. The third-order valence-electron chi connectivity index (χ3n) is 2.99. The first-order chi connectivity index (χ1) is 9.99. The van der Waals surface area contributed by atoms with Crippen molar-refractivity contribution < 1.29 is 13.2 Å². The number of anilines is 1. The topological polar surface area (TPSA) is 37.8 Å². The molecule has 0 bridgehead atoms. The highest BCUT2D eigenvalue weighted by atomic mass is 32.1. The maximum atomic E-state index is 12.9. The van der Waals surface area contributed by atoms with Gasteiger partial charge in [-0.15, -0.1) is 11.3 Å². The van der Waals surface area contributed by atoms with Gasteiger partial charge in [0.25, 0.3) is 0 Å². The standard InChI is InChI=1S/C14H10F3N3S/c1-18-11-7-10(19-13(20-11)14(15,16)17)9-4-2-3-8-5-6-21-12(8)9/h2-7H,1H3,(H,18,19,20). The van der Waals surface area contributed by atoms with Crippen LogP contribution in [0.1, 0.15) is 5.82 Å². The molecule has 3 aromatic rings. The number of alkyl halides is 3. The van der Waals surface area contributed by atoms with Crippen LogP contribution in [-0.4, -0.2) is 17.0 Å². The van der Waals surface area contributed by atoms with Crippen LogP contribution >= 0.6 is 11.3 Å². The van der Waals surface area contributed by atoms with E-state index in [1.54, 1.807) is 12.1 Å². The van der Waals surface area contributed by atoms with Crippen molar-refractivity contribution in [1.82, 2.24) is 9.97 Å². The minimum absolute atomic E-state index is 0.140. The van der Waals surface area contributed by atoms with Crippen molar-refractivity contribution in [2.45, 2.75) is 6.18 Å². The van der Waals surface area contributed by atoms with E-state index >= 15 is 0 Å². The molecule has 2 aromatic heterocycles. The quantitative estimate of drug-likeness (QED) is 0.761. The van der Waals surface area contributed by atoms with Gasteiger partial charge in [0.15, 0.2) is 0 Å². The van der Waals surface area contributed by atoms with Gasteiger partial charge in [0.2, 0.25) is 5.82 Å². The molecule has 0 spiro atoms. The van der Waals surface area contributed by atoms with E-state index in [-0.39, 0.29) is 11.5 Å². The Labute approximate surface area is 122 Å². The van der Waals surface area contributed by atoms with Gasteiger partial charge in [0.1, 0.15) is 5.82 Å². The number of nitrogens with one attached hydrogen (secondary N) is 1. The zero-order chi connectivity index (χ0) is 15.0. The number of halogens is 3. The Morgan fingerprint density at radius 3 is 2.67 bits per heavy atom. The zero-order valence-electron chi connectivity index (χ0n) is 10.9. The van der Waals surface area contributed by atoms with E-state index in [1.807, 2.05) is 17.5 Å². The molecule has 0 unspecified atom stereocenters. The fourth-order valence-corrected chi connectivity index (χ4v) is 2.96. The summed E-state index contributed by atoms with van der Waals surface area (Å²) < 4.78 is 39.6. The number of aromatic nitrogens is 2. The maximum absolute atomic E-state index is 12.9. The molecule has 1 N–H and O–H groups in total. The summed E-state index contributed by atoms with van der Waals surface area (Å²) in [5, 5.41) is 5.53. The van der Waals surface area contributed by atoms with Crippen molar-refractivity contribution in [3.05, 3.63) is 41.5 Å². The zero-order valence-corrected chi connectivity index (χ0v) is 11.7. The largest absolute Gasteiger partial charge is 0.451 e. The SMILES string of the molecule is CNc1cc(-c2cccc3ccsc23)nc(C(F)(F)F)n1. The Hall–Kier alpha value is -2.15. The molecule has 108 valence electrons. The summed E-state index contributed by atoms with van der Waals surface area (Å²) in [6.07, 6.45) is -4.58. The van der Waals surface area contributed by atoms with Crippen LogP contribution in [0.3, 0.4) is 0 Å². The van der Waals surface area contributed by atoms with E-state index in [2.05, 4.69) is 15.3 Å². The summed E-state index contributed by atoms with van der Waals surface area (Å²) in [5.74, 6) is -1.00. The number of fused-ring (bicyclic) bond motifs is 1. The van der Waals surface area contributed by atoms with Crippen LogP contribution in [0.25, 0.3) is 21.3 Å². The summed E-state index contributed by atoms with van der Waals surface area (Å²) in [6, 6.07) is 8.93. The number of hydrogen-bond donors (Lipinski definition) is 1. The molecule has 0 atom stereocenters. The van der Waals surface area contributed by atoms with Crippen LogP contribution in [0.5, 0.6) is 0 Å². The average Bonchev–Trinajstić information content (AvgIpc) is 2.94. The second kappa shape index (κ2) is 5.00. The minimum Gasteiger partial charge on any atom is -0.373 e. The monoisotopic (exact) mass is 309 g/mol. The molecule has 3 nitrogen and oxygen atoms in total. The Morgan fingerprint density at radius 1 is 1.14 bits per heavy atom. The Kier molecular flexibility index (Phi) is 3.29.